The van der Waals surface area contributed by atoms with Crippen molar-refractivity contribution < 1.29 is 149 Å². The van der Waals surface area contributed by atoms with E-state index in [9.17, 15) is 97.0 Å². The number of carbonyl (C=O) groups is 1. The molecule has 9 rings (SSSR count). The molecule has 4 aliphatic carbocycles. The summed E-state index contributed by atoms with van der Waals surface area (Å²) in [5, 5.41) is 205. The topological polar surface area (TPSA) is 494 Å². The molecule has 5 heterocycles. The summed E-state index contributed by atoms with van der Waals surface area (Å²) in [5.41, 5.74) is -4.12. The summed E-state index contributed by atoms with van der Waals surface area (Å²) >= 11 is 0. The van der Waals surface area contributed by atoms with Gasteiger partial charge in [-0.3, -0.25) is 4.79 Å². The van der Waals surface area contributed by atoms with Gasteiger partial charge in [-0.05, 0) is 93.5 Å². The second-order valence-electron chi connectivity index (χ2n) is 28.7. The highest BCUT2D eigenvalue weighted by atomic mass is 16.8. The van der Waals surface area contributed by atoms with Gasteiger partial charge >= 0.3 is 0 Å². The quantitative estimate of drug-likeness (QED) is 0.0539. The maximum atomic E-state index is 15.2. The zero-order chi connectivity index (χ0) is 66.4. The van der Waals surface area contributed by atoms with Gasteiger partial charge in [-0.1, -0.05) is 47.1 Å². The summed E-state index contributed by atoms with van der Waals surface area (Å²) in [6.45, 7) is 11.5. The summed E-state index contributed by atoms with van der Waals surface area (Å²) in [7, 11) is 0. The van der Waals surface area contributed by atoms with Crippen LogP contribution in [-0.4, -0.2) is 313 Å². The third-order valence-electron chi connectivity index (χ3n) is 22.6. The number of allylic oxidation sites excluding steroid dienone is 1. The van der Waals surface area contributed by atoms with Gasteiger partial charge in [0, 0.05) is 16.7 Å². The van der Waals surface area contributed by atoms with Crippen molar-refractivity contribution in [3.63, 3.8) is 0 Å². The second-order valence-corrected chi connectivity index (χ2v) is 28.7. The highest BCUT2D eigenvalue weighted by molar-refractivity contribution is 5.95. The van der Waals surface area contributed by atoms with Crippen LogP contribution in [0.25, 0.3) is 0 Å². The number of fused-ring (bicyclic) bond motifs is 5. The molecule has 30 heteroatoms. The number of hydrogen-bond donors (Lipinski definition) is 19. The normalized spacial score (nSPS) is 51.4. The van der Waals surface area contributed by atoms with Crippen LogP contribution >= 0.6 is 0 Å². The van der Waals surface area contributed by atoms with E-state index >= 15 is 4.79 Å². The van der Waals surface area contributed by atoms with Crippen molar-refractivity contribution in [1.82, 2.24) is 0 Å². The van der Waals surface area contributed by atoms with E-state index in [4.69, 9.17) is 47.4 Å². The van der Waals surface area contributed by atoms with E-state index in [1.807, 2.05) is 27.7 Å². The summed E-state index contributed by atoms with van der Waals surface area (Å²) in [6.07, 6.45) is -40.9. The SMILES string of the molecule is C[C@H](CC[C@@H](O[C@@H]1O[C@H](CO[C@@H]2O[C@H](CO)[C@@H](O)[C@H](O)[C@H]2O)[C@@H](O)[C@H](O)[C@H]1O[C@@H]1O[C@H](CO)[C@@H](O)[C@H](O)[C@H]1O)C(C)(C)O)[C@H]1CC[C@@]2(C)[C@@H]3C(=O)C=C4[C@@H](CC[C@H](O[C@@H]5O[C@H](CO[C@@H]6O[C@H](CO)[C@@H](O)[C@H](O)[C@H]6O)[C@@H](O)[C@H](O)[C@H]5O)C4(C)C)[C@]3(C)[C@H](O)C[C@]12C. The predicted octanol–water partition coefficient (Wildman–Crippen LogP) is -6.23. The largest absolute Gasteiger partial charge is 0.394 e. The molecule has 520 valence electrons. The molecule has 9 aliphatic rings. The first-order valence-electron chi connectivity index (χ1n) is 31.5. The Morgan fingerprint density at radius 3 is 1.46 bits per heavy atom. The van der Waals surface area contributed by atoms with E-state index in [1.165, 1.54) is 13.8 Å². The Balaban J connectivity index is 0.896. The Hall–Kier alpha value is -1.75. The lowest BCUT2D eigenvalue weighted by molar-refractivity contribution is -0.380. The number of ether oxygens (including phenoxy) is 10. The van der Waals surface area contributed by atoms with Crippen LogP contribution in [0.15, 0.2) is 11.6 Å². The van der Waals surface area contributed by atoms with Gasteiger partial charge in [0.2, 0.25) is 0 Å². The maximum Gasteiger partial charge on any atom is 0.187 e. The molecule has 0 unspecified atom stereocenters. The van der Waals surface area contributed by atoms with Crippen molar-refractivity contribution >= 4 is 5.78 Å². The average molecular weight is 1300 g/mol. The molecule has 30 nitrogen and oxygen atoms in total. The molecular formula is C60H100O30. The maximum absolute atomic E-state index is 15.2. The third-order valence-corrected chi connectivity index (χ3v) is 22.6. The molecule has 0 amide bonds. The number of rotatable bonds is 20. The van der Waals surface area contributed by atoms with Crippen molar-refractivity contribution in [3.05, 3.63) is 11.6 Å². The highest BCUT2D eigenvalue weighted by Crippen LogP contribution is 2.74. The minimum atomic E-state index is -1.99. The number of aliphatic hydroxyl groups is 19. The summed E-state index contributed by atoms with van der Waals surface area (Å²) in [4.78, 5) is 15.2. The van der Waals surface area contributed by atoms with E-state index < -0.39 is 238 Å². The lowest BCUT2D eigenvalue weighted by Gasteiger charge is -2.66. The molecule has 0 aromatic rings. The minimum absolute atomic E-state index is 0.0979. The smallest absolute Gasteiger partial charge is 0.187 e. The van der Waals surface area contributed by atoms with Gasteiger partial charge in [-0.2, -0.15) is 0 Å². The van der Waals surface area contributed by atoms with Crippen LogP contribution in [-0.2, 0) is 52.2 Å². The Morgan fingerprint density at radius 2 is 0.967 bits per heavy atom. The van der Waals surface area contributed by atoms with Crippen LogP contribution in [0.4, 0.5) is 0 Å². The van der Waals surface area contributed by atoms with Gasteiger partial charge in [0.25, 0.3) is 0 Å². The van der Waals surface area contributed by atoms with Gasteiger partial charge in [0.05, 0.1) is 56.9 Å². The Labute approximate surface area is 521 Å². The van der Waals surface area contributed by atoms with Crippen LogP contribution in [0.1, 0.15) is 100 Å². The van der Waals surface area contributed by atoms with Gasteiger partial charge < -0.3 is 144 Å². The summed E-state index contributed by atoms with van der Waals surface area (Å²) in [6, 6.07) is 0. The average Bonchev–Trinajstić information content (AvgIpc) is 1.28. The number of ketones is 1. The predicted molar refractivity (Wildman–Crippen MR) is 301 cm³/mol. The van der Waals surface area contributed by atoms with E-state index in [0.717, 1.165) is 5.57 Å². The van der Waals surface area contributed by atoms with Crippen molar-refractivity contribution in [1.29, 1.82) is 0 Å². The van der Waals surface area contributed by atoms with Crippen LogP contribution in [0, 0.1) is 45.3 Å². The molecule has 0 bridgehead atoms. The van der Waals surface area contributed by atoms with Crippen LogP contribution in [0.5, 0.6) is 0 Å². The molecule has 35 atom stereocenters. The first-order valence-corrected chi connectivity index (χ1v) is 31.5. The van der Waals surface area contributed by atoms with E-state index in [2.05, 4.69) is 13.8 Å². The van der Waals surface area contributed by atoms with Crippen LogP contribution < -0.4 is 0 Å². The minimum Gasteiger partial charge on any atom is -0.394 e. The molecule has 0 radical (unpaired) electrons. The van der Waals surface area contributed by atoms with E-state index in [1.54, 1.807) is 6.08 Å². The number of hydrogen-bond acceptors (Lipinski definition) is 30. The molecule has 0 aromatic carbocycles. The second kappa shape index (κ2) is 27.6. The Morgan fingerprint density at radius 1 is 0.533 bits per heavy atom. The summed E-state index contributed by atoms with van der Waals surface area (Å²) < 4.78 is 59.1. The third kappa shape index (κ3) is 12.9. The molecule has 90 heavy (non-hydrogen) atoms. The molecule has 0 spiro atoms. The molecule has 19 N–H and O–H groups in total. The highest BCUT2D eigenvalue weighted by Gasteiger charge is 2.72. The van der Waals surface area contributed by atoms with Gasteiger partial charge in [-0.25, -0.2) is 0 Å². The van der Waals surface area contributed by atoms with Crippen LogP contribution in [0.2, 0.25) is 0 Å². The van der Waals surface area contributed by atoms with Gasteiger partial charge in [0.1, 0.15) is 122 Å². The van der Waals surface area contributed by atoms with Crippen molar-refractivity contribution in [2.75, 3.05) is 33.0 Å². The fourth-order valence-electron chi connectivity index (χ4n) is 16.8. The van der Waals surface area contributed by atoms with E-state index in [0.29, 0.717) is 38.5 Å². The Bertz CT molecular complexity index is 2430. The van der Waals surface area contributed by atoms with Crippen molar-refractivity contribution in [2.45, 2.75) is 278 Å². The standard InChI is InChI=1S/C60H100O30/c1-22(9-11-34(57(4,5)80)89-55-49(90-54-48(79)42(73)37(68)29(19-63)85-54)44(75)39(70)31(87-55)21-82-52-46(77)41(72)36(67)28(18-62)84-52)23-13-14-58(6)50-26(64)15-25-24(60(50,8)32(65)16-59(23,58)7)10-12-33(56(25,2)3)88-53-47(78)43(74)38(69)30(86-53)20-81-51-45(76)40(71)35(66)27(17-61)83-51/h15,22-24,27-55,61-63,65-80H,9-14,16-21H2,1-8H3/t22-,23-,24-,27-,28-,29-,30-,31-,32-,33+,34-,35-,36-,37-,38-,39-,40+,41+,42+,43+,44+,45-,46-,47-,48-,49-,50+,51-,52-,53+,54+,55+,58+,59-,60-/m1/s1. The lowest BCUT2D eigenvalue weighted by Crippen LogP contribution is -2.67. The van der Waals surface area contributed by atoms with Crippen molar-refractivity contribution in [2.24, 2.45) is 45.3 Å². The monoisotopic (exact) mass is 1300 g/mol. The molecule has 3 saturated carbocycles. The molecule has 0 aromatic heterocycles. The number of carbonyl (C=O) groups excluding carboxylic acids is 1. The van der Waals surface area contributed by atoms with Crippen LogP contribution in [0.3, 0.4) is 0 Å². The Kier molecular flexibility index (Phi) is 22.3. The molecular weight excluding hydrogens is 1200 g/mol. The lowest BCUT2D eigenvalue weighted by atomic mass is 9.38. The molecule has 5 aliphatic heterocycles. The first kappa shape index (κ1) is 72.5. The van der Waals surface area contributed by atoms with Gasteiger partial charge in [0.15, 0.2) is 37.2 Å². The number of aliphatic hydroxyl groups excluding tert-OH is 18. The zero-order valence-corrected chi connectivity index (χ0v) is 52.0. The van der Waals surface area contributed by atoms with Gasteiger partial charge in [-0.15, -0.1) is 0 Å². The zero-order valence-electron chi connectivity index (χ0n) is 52.0. The molecule has 8 fully saturated rings. The fraction of sp³-hybridized carbons (Fsp3) is 0.950. The fourth-order valence-corrected chi connectivity index (χ4v) is 16.8. The summed E-state index contributed by atoms with van der Waals surface area (Å²) in [5.74, 6) is -1.37. The van der Waals surface area contributed by atoms with E-state index in [-0.39, 0.29) is 30.0 Å². The van der Waals surface area contributed by atoms with Crippen molar-refractivity contribution in [3.8, 4) is 0 Å². The molecule has 5 saturated heterocycles. The first-order chi connectivity index (χ1) is 42.0.